The quantitative estimate of drug-likeness (QED) is 0.474. The minimum absolute atomic E-state index is 0.0395. The van der Waals surface area contributed by atoms with E-state index in [1.807, 2.05) is 12.1 Å². The van der Waals surface area contributed by atoms with Crippen molar-refractivity contribution in [3.8, 4) is 5.75 Å². The first-order valence-electron chi connectivity index (χ1n) is 10.6. The molecule has 0 radical (unpaired) electrons. The van der Waals surface area contributed by atoms with Crippen LogP contribution in [0.15, 0.2) is 56.3 Å². The van der Waals surface area contributed by atoms with E-state index in [0.717, 1.165) is 15.9 Å². The number of nitrogens with zero attached hydrogens (tertiary/aromatic N) is 1. The zero-order valence-corrected chi connectivity index (χ0v) is 20.6. The fraction of sp³-hybridized carbons (Fsp3) is 0.375. The molecule has 1 N–H and O–H groups in total. The van der Waals surface area contributed by atoms with Crippen LogP contribution in [0, 0.1) is 0 Å². The number of hydrogen-bond acceptors (Lipinski definition) is 5. The Kier molecular flexibility index (Phi) is 6.72. The molecule has 0 spiro atoms. The monoisotopic (exact) mass is 563 g/mol. The maximum Gasteiger partial charge on any atom is 0.323 e. The molecule has 4 rings (SSSR count). The number of carboxylic acid groups (broad SMARTS) is 1. The largest absolute Gasteiger partial charge is 0.488 e. The third kappa shape index (κ3) is 4.10. The molecule has 0 saturated heterocycles. The number of carbonyl (C=O) groups excluding carboxylic acids is 2. The van der Waals surface area contributed by atoms with Gasteiger partial charge in [-0.05, 0) is 53.7 Å². The van der Waals surface area contributed by atoms with E-state index in [0.29, 0.717) is 65.5 Å². The summed E-state index contributed by atoms with van der Waals surface area (Å²) in [5.74, 6) is -1.09. The first-order valence-corrected chi connectivity index (χ1v) is 12.2. The summed E-state index contributed by atoms with van der Waals surface area (Å²) in [6.07, 6.45) is 4.94. The number of hydrogen-bond donors (Lipinski definition) is 1. The van der Waals surface area contributed by atoms with Crippen molar-refractivity contribution in [3.63, 3.8) is 0 Å². The normalized spacial score (nSPS) is 19.1. The first-order chi connectivity index (χ1) is 15.3. The smallest absolute Gasteiger partial charge is 0.323 e. The predicted molar refractivity (Wildman–Crippen MR) is 126 cm³/mol. The van der Waals surface area contributed by atoms with Crippen LogP contribution in [-0.4, -0.2) is 40.7 Å². The molecule has 3 aliphatic rings. The summed E-state index contributed by atoms with van der Waals surface area (Å²) in [4.78, 5) is 40.0. The van der Waals surface area contributed by atoms with E-state index in [4.69, 9.17) is 4.74 Å². The maximum atomic E-state index is 13.3. The molecule has 168 valence electrons. The van der Waals surface area contributed by atoms with Gasteiger partial charge in [0.15, 0.2) is 11.6 Å². The highest BCUT2D eigenvalue weighted by Crippen LogP contribution is 2.52. The molecule has 0 bridgehead atoms. The van der Waals surface area contributed by atoms with Gasteiger partial charge in [-0.2, -0.15) is 0 Å². The molecular weight excluding hydrogens is 542 g/mol. The Morgan fingerprint density at radius 3 is 2.22 bits per heavy atom. The van der Waals surface area contributed by atoms with Crippen LogP contribution >= 0.6 is 31.9 Å². The second-order valence-corrected chi connectivity index (χ2v) is 9.86. The number of benzene rings is 1. The molecule has 1 aromatic rings. The molecule has 1 heterocycles. The third-order valence-electron chi connectivity index (χ3n) is 6.07. The van der Waals surface area contributed by atoms with Gasteiger partial charge in [0.05, 0.1) is 4.47 Å². The Bertz CT molecular complexity index is 1040. The molecule has 0 unspecified atom stereocenters. The van der Waals surface area contributed by atoms with Crippen molar-refractivity contribution in [1.29, 1.82) is 0 Å². The van der Waals surface area contributed by atoms with Gasteiger partial charge in [0.2, 0.25) is 0 Å². The Balaban J connectivity index is 2.01. The summed E-state index contributed by atoms with van der Waals surface area (Å²) in [7, 11) is 0. The fourth-order valence-corrected chi connectivity index (χ4v) is 6.32. The van der Waals surface area contributed by atoms with Gasteiger partial charge in [0.1, 0.15) is 18.9 Å². The molecule has 8 heteroatoms. The second-order valence-electron chi connectivity index (χ2n) is 8.09. The molecular formula is C24H23Br2NO5. The average molecular weight is 565 g/mol. The van der Waals surface area contributed by atoms with E-state index in [2.05, 4.69) is 38.4 Å². The van der Waals surface area contributed by atoms with Crippen molar-refractivity contribution >= 4 is 49.4 Å². The number of carboxylic acids is 1. The van der Waals surface area contributed by atoms with Crippen LogP contribution in [0.25, 0.3) is 0 Å². The second kappa shape index (κ2) is 9.35. The summed E-state index contributed by atoms with van der Waals surface area (Å²) >= 11 is 7.10. The molecule has 0 aromatic heterocycles. The average Bonchev–Trinajstić information content (AvgIpc) is 2.73. The zero-order chi connectivity index (χ0) is 23.0. The molecule has 6 nitrogen and oxygen atoms in total. The lowest BCUT2D eigenvalue weighted by atomic mass is 9.70. The first kappa shape index (κ1) is 23.0. The fourth-order valence-electron chi connectivity index (χ4n) is 4.94. The van der Waals surface area contributed by atoms with Crippen LogP contribution in [0.5, 0.6) is 5.75 Å². The maximum absolute atomic E-state index is 13.3. The minimum atomic E-state index is -0.988. The van der Waals surface area contributed by atoms with Gasteiger partial charge < -0.3 is 14.7 Å². The minimum Gasteiger partial charge on any atom is -0.488 e. The topological polar surface area (TPSA) is 83.9 Å². The lowest BCUT2D eigenvalue weighted by molar-refractivity contribution is -0.138. The van der Waals surface area contributed by atoms with Crippen molar-refractivity contribution in [1.82, 2.24) is 4.90 Å². The van der Waals surface area contributed by atoms with Gasteiger partial charge >= 0.3 is 5.97 Å². The van der Waals surface area contributed by atoms with Crippen LogP contribution < -0.4 is 4.74 Å². The summed E-state index contributed by atoms with van der Waals surface area (Å²) in [5, 5.41) is 9.58. The lowest BCUT2D eigenvalue weighted by Crippen LogP contribution is -2.41. The summed E-state index contributed by atoms with van der Waals surface area (Å²) < 4.78 is 7.47. The van der Waals surface area contributed by atoms with Crippen LogP contribution in [0.1, 0.15) is 50.0 Å². The number of rotatable bonds is 6. The van der Waals surface area contributed by atoms with Gasteiger partial charge in [-0.1, -0.05) is 28.6 Å². The molecule has 0 atom stereocenters. The number of halogens is 2. The van der Waals surface area contributed by atoms with E-state index < -0.39 is 11.9 Å². The summed E-state index contributed by atoms with van der Waals surface area (Å²) in [6, 6.07) is 3.75. The molecule has 1 aliphatic heterocycles. The van der Waals surface area contributed by atoms with Crippen LogP contribution in [0.2, 0.25) is 0 Å². The molecule has 32 heavy (non-hydrogen) atoms. The Morgan fingerprint density at radius 1 is 1.09 bits per heavy atom. The number of aliphatic carboxylic acids is 1. The van der Waals surface area contributed by atoms with Crippen LogP contribution in [0.4, 0.5) is 0 Å². The SMILES string of the molecule is C=CCOc1c(Br)cc(Br)cc1C1C2=C(CCCC2=O)N(CC(=O)O)C2=C1C(=O)CCC2. The number of carbonyl (C=O) groups is 3. The van der Waals surface area contributed by atoms with Gasteiger partial charge in [-0.25, -0.2) is 0 Å². The van der Waals surface area contributed by atoms with E-state index >= 15 is 0 Å². The van der Waals surface area contributed by atoms with Crippen molar-refractivity contribution in [3.05, 3.63) is 61.8 Å². The highest BCUT2D eigenvalue weighted by Gasteiger charge is 2.44. The Morgan fingerprint density at radius 2 is 1.69 bits per heavy atom. The molecule has 0 amide bonds. The summed E-state index contributed by atoms with van der Waals surface area (Å²) in [5.41, 5.74) is 3.23. The Hall–Kier alpha value is -2.19. The van der Waals surface area contributed by atoms with Crippen LogP contribution in [0.3, 0.4) is 0 Å². The van der Waals surface area contributed by atoms with E-state index in [1.54, 1.807) is 11.0 Å². The molecule has 2 aliphatic carbocycles. The molecule has 1 aromatic carbocycles. The van der Waals surface area contributed by atoms with Crippen molar-refractivity contribution < 1.29 is 24.2 Å². The standard InChI is InChI=1S/C24H23Br2NO5/c1-2-9-32-24-14(10-13(25)11-15(24)26)21-22-16(5-3-7-18(22)28)27(12-20(30)31)17-6-4-8-19(29)23(17)21/h2,10-11,21H,1,3-9,12H2,(H,30,31). The lowest BCUT2D eigenvalue weighted by Gasteiger charge is -2.43. The number of ether oxygens (including phenoxy) is 1. The van der Waals surface area contributed by atoms with E-state index in [9.17, 15) is 19.5 Å². The third-order valence-corrected chi connectivity index (χ3v) is 7.12. The van der Waals surface area contributed by atoms with Crippen molar-refractivity contribution in [2.45, 2.75) is 44.4 Å². The van der Waals surface area contributed by atoms with Gasteiger partial charge in [0.25, 0.3) is 0 Å². The highest BCUT2D eigenvalue weighted by atomic mass is 79.9. The highest BCUT2D eigenvalue weighted by molar-refractivity contribution is 9.11. The molecule has 0 saturated carbocycles. The van der Waals surface area contributed by atoms with Crippen molar-refractivity contribution in [2.24, 2.45) is 0 Å². The summed E-state index contributed by atoms with van der Waals surface area (Å²) in [6.45, 7) is 3.73. The number of Topliss-reactive ketones (excluding diaryl/α,β-unsaturated/α-hetero) is 2. The number of allylic oxidation sites excluding steroid dienone is 4. The van der Waals surface area contributed by atoms with Gasteiger partial charge in [0, 0.05) is 51.3 Å². The Labute approximate surface area is 203 Å². The van der Waals surface area contributed by atoms with Crippen molar-refractivity contribution in [2.75, 3.05) is 13.2 Å². The van der Waals surface area contributed by atoms with Crippen LogP contribution in [-0.2, 0) is 14.4 Å². The molecule has 0 fully saturated rings. The zero-order valence-electron chi connectivity index (χ0n) is 17.5. The van der Waals surface area contributed by atoms with Gasteiger partial charge in [-0.3, -0.25) is 14.4 Å². The van der Waals surface area contributed by atoms with E-state index in [-0.39, 0.29) is 24.7 Å². The predicted octanol–water partition coefficient (Wildman–Crippen LogP) is 5.27. The number of ketones is 2. The van der Waals surface area contributed by atoms with Gasteiger partial charge in [-0.15, -0.1) is 0 Å². The van der Waals surface area contributed by atoms with E-state index in [1.165, 1.54) is 0 Å².